The molecule has 0 radical (unpaired) electrons. The molecule has 0 amide bonds. The molecule has 0 aliphatic carbocycles. The van der Waals surface area contributed by atoms with Gasteiger partial charge in [-0.25, -0.2) is 13.1 Å². The number of hydrogen-bond donors (Lipinski definition) is 2. The second-order valence-electron chi connectivity index (χ2n) is 5.63. The van der Waals surface area contributed by atoms with Gasteiger partial charge in [0.1, 0.15) is 5.76 Å². The number of piperidine rings is 1. The van der Waals surface area contributed by atoms with Gasteiger partial charge in [-0.2, -0.15) is 0 Å². The van der Waals surface area contributed by atoms with Crippen LogP contribution >= 0.6 is 0 Å². The van der Waals surface area contributed by atoms with E-state index in [4.69, 9.17) is 4.42 Å². The fourth-order valence-electron chi connectivity index (χ4n) is 2.43. The van der Waals surface area contributed by atoms with E-state index < -0.39 is 10.0 Å². The minimum absolute atomic E-state index is 0.0354. The molecular weight excluding hydrogens is 290 g/mol. The second kappa shape index (κ2) is 7.40. The highest BCUT2D eigenvalue weighted by Crippen LogP contribution is 2.15. The maximum atomic E-state index is 11.5. The smallest absolute Gasteiger partial charge is 0.273 e. The predicted molar refractivity (Wildman–Crippen MR) is 81.5 cm³/mol. The van der Waals surface area contributed by atoms with Crippen LogP contribution in [0.1, 0.15) is 25.5 Å². The van der Waals surface area contributed by atoms with Crippen molar-refractivity contribution in [2.24, 2.45) is 5.92 Å². The largest absolute Gasteiger partial charge is 0.447 e. The summed E-state index contributed by atoms with van der Waals surface area (Å²) < 4.78 is 30.6. The van der Waals surface area contributed by atoms with E-state index in [1.54, 1.807) is 6.07 Å². The normalized spacial score (nSPS) is 18.2. The lowest BCUT2D eigenvalue weighted by atomic mass is 9.99. The van der Waals surface area contributed by atoms with Crippen molar-refractivity contribution in [3.05, 3.63) is 17.9 Å². The van der Waals surface area contributed by atoms with E-state index in [-0.39, 0.29) is 5.09 Å². The lowest BCUT2D eigenvalue weighted by Gasteiger charge is -2.30. The molecule has 1 fully saturated rings. The van der Waals surface area contributed by atoms with Gasteiger partial charge < -0.3 is 14.6 Å². The average molecular weight is 315 g/mol. The van der Waals surface area contributed by atoms with E-state index in [1.165, 1.54) is 39.0 Å². The number of nitrogens with one attached hydrogen (secondary N) is 2. The number of sulfonamides is 1. The van der Waals surface area contributed by atoms with Gasteiger partial charge in [-0.05, 0) is 51.0 Å². The van der Waals surface area contributed by atoms with Gasteiger partial charge in [0.05, 0.1) is 6.54 Å². The first-order valence-electron chi connectivity index (χ1n) is 7.46. The summed E-state index contributed by atoms with van der Waals surface area (Å²) in [6.45, 7) is 7.10. The Bertz CT molecular complexity index is 533. The zero-order chi connectivity index (χ0) is 15.3. The Labute approximate surface area is 126 Å². The zero-order valence-electron chi connectivity index (χ0n) is 12.8. The first-order chi connectivity index (χ1) is 10.0. The monoisotopic (exact) mass is 315 g/mol. The number of nitrogens with zero attached hydrogens (tertiary/aromatic N) is 1. The van der Waals surface area contributed by atoms with Gasteiger partial charge in [-0.1, -0.05) is 6.92 Å². The number of rotatable bonds is 7. The Hall–Kier alpha value is -0.890. The minimum atomic E-state index is -3.48. The molecule has 0 bridgehead atoms. The molecular formula is C14H25N3O3S. The van der Waals surface area contributed by atoms with Gasteiger partial charge in [0, 0.05) is 13.1 Å². The molecule has 1 aliphatic rings. The van der Waals surface area contributed by atoms with Gasteiger partial charge >= 0.3 is 0 Å². The molecule has 1 aromatic rings. The standard InChI is InChI=1S/C14H25N3O3S/c1-12-5-8-17(9-6-12)10-7-16-11-13-3-4-14(20-13)21(18,19)15-2/h3-4,12,15-16H,5-11H2,1-2H3. The maximum Gasteiger partial charge on any atom is 0.273 e. The quantitative estimate of drug-likeness (QED) is 0.735. The summed E-state index contributed by atoms with van der Waals surface area (Å²) in [5.74, 6) is 1.49. The topological polar surface area (TPSA) is 74.6 Å². The Kier molecular flexibility index (Phi) is 5.80. The van der Waals surface area contributed by atoms with Crippen LogP contribution in [0.3, 0.4) is 0 Å². The van der Waals surface area contributed by atoms with Crippen LogP contribution in [-0.4, -0.2) is 46.5 Å². The summed E-state index contributed by atoms with van der Waals surface area (Å²) in [5.41, 5.74) is 0. The van der Waals surface area contributed by atoms with E-state index in [1.807, 2.05) is 0 Å². The third-order valence-electron chi connectivity index (χ3n) is 3.95. The Morgan fingerprint density at radius 3 is 2.71 bits per heavy atom. The first kappa shape index (κ1) is 16.5. The molecule has 1 aromatic heterocycles. The van der Waals surface area contributed by atoms with Gasteiger partial charge in [0.25, 0.3) is 10.0 Å². The van der Waals surface area contributed by atoms with E-state index in [2.05, 4.69) is 21.9 Å². The molecule has 0 atom stereocenters. The van der Waals surface area contributed by atoms with Crippen LogP contribution in [0.2, 0.25) is 0 Å². The van der Waals surface area contributed by atoms with Crippen LogP contribution in [0.15, 0.2) is 21.6 Å². The molecule has 6 nitrogen and oxygen atoms in total. The highest BCUT2D eigenvalue weighted by atomic mass is 32.2. The lowest BCUT2D eigenvalue weighted by molar-refractivity contribution is 0.192. The van der Waals surface area contributed by atoms with E-state index in [0.29, 0.717) is 12.3 Å². The predicted octanol–water partition coefficient (Wildman–Crippen LogP) is 1.01. The van der Waals surface area contributed by atoms with Crippen LogP contribution in [0.25, 0.3) is 0 Å². The summed E-state index contributed by atoms with van der Waals surface area (Å²) in [5, 5.41) is 3.26. The molecule has 1 saturated heterocycles. The van der Waals surface area contributed by atoms with Crippen LogP contribution in [0, 0.1) is 5.92 Å². The van der Waals surface area contributed by atoms with Crippen molar-refractivity contribution in [2.45, 2.75) is 31.4 Å². The van der Waals surface area contributed by atoms with E-state index >= 15 is 0 Å². The molecule has 21 heavy (non-hydrogen) atoms. The third-order valence-corrected chi connectivity index (χ3v) is 5.24. The highest BCUT2D eigenvalue weighted by molar-refractivity contribution is 7.89. The molecule has 0 unspecified atom stereocenters. The van der Waals surface area contributed by atoms with Crippen LogP contribution in [-0.2, 0) is 16.6 Å². The molecule has 120 valence electrons. The summed E-state index contributed by atoms with van der Waals surface area (Å²) in [6.07, 6.45) is 2.56. The first-order valence-corrected chi connectivity index (χ1v) is 8.95. The van der Waals surface area contributed by atoms with E-state index in [9.17, 15) is 8.42 Å². The Morgan fingerprint density at radius 1 is 1.33 bits per heavy atom. The Balaban J connectivity index is 1.70. The minimum Gasteiger partial charge on any atom is -0.447 e. The van der Waals surface area contributed by atoms with Crippen molar-refractivity contribution < 1.29 is 12.8 Å². The van der Waals surface area contributed by atoms with Crippen LogP contribution < -0.4 is 10.0 Å². The van der Waals surface area contributed by atoms with Crippen molar-refractivity contribution in [3.63, 3.8) is 0 Å². The van der Waals surface area contributed by atoms with Crippen molar-refractivity contribution in [1.82, 2.24) is 14.9 Å². The Morgan fingerprint density at radius 2 is 2.05 bits per heavy atom. The second-order valence-corrected chi connectivity index (χ2v) is 7.45. The highest BCUT2D eigenvalue weighted by Gasteiger charge is 2.17. The van der Waals surface area contributed by atoms with Gasteiger partial charge in [-0.3, -0.25) is 0 Å². The lowest BCUT2D eigenvalue weighted by Crippen LogP contribution is -2.37. The molecule has 2 heterocycles. The summed E-state index contributed by atoms with van der Waals surface area (Å²) >= 11 is 0. The van der Waals surface area contributed by atoms with Crippen LogP contribution in [0.5, 0.6) is 0 Å². The SMILES string of the molecule is CNS(=O)(=O)c1ccc(CNCCN2CCC(C)CC2)o1. The molecule has 0 spiro atoms. The average Bonchev–Trinajstić information content (AvgIpc) is 2.95. The summed E-state index contributed by atoms with van der Waals surface area (Å²) in [7, 11) is -2.11. The third kappa shape index (κ3) is 4.81. The maximum absolute atomic E-state index is 11.5. The van der Waals surface area contributed by atoms with Crippen molar-refractivity contribution in [1.29, 1.82) is 0 Å². The van der Waals surface area contributed by atoms with Gasteiger partial charge in [0.15, 0.2) is 0 Å². The van der Waals surface area contributed by atoms with Crippen molar-refractivity contribution in [3.8, 4) is 0 Å². The summed E-state index contributed by atoms with van der Waals surface area (Å²) in [6, 6.07) is 3.18. The molecule has 2 N–H and O–H groups in total. The molecule has 7 heteroatoms. The van der Waals surface area contributed by atoms with Gasteiger partial charge in [-0.15, -0.1) is 0 Å². The van der Waals surface area contributed by atoms with Gasteiger partial charge in [0.2, 0.25) is 5.09 Å². The van der Waals surface area contributed by atoms with Crippen molar-refractivity contribution in [2.75, 3.05) is 33.2 Å². The van der Waals surface area contributed by atoms with Crippen LogP contribution in [0.4, 0.5) is 0 Å². The number of hydrogen-bond acceptors (Lipinski definition) is 5. The molecule has 2 rings (SSSR count). The summed E-state index contributed by atoms with van der Waals surface area (Å²) in [4.78, 5) is 2.46. The molecule has 0 aromatic carbocycles. The fourth-order valence-corrected chi connectivity index (χ4v) is 3.10. The fraction of sp³-hybridized carbons (Fsp3) is 0.714. The number of likely N-dealkylation sites (tertiary alicyclic amines) is 1. The molecule has 0 saturated carbocycles. The number of furan rings is 1. The van der Waals surface area contributed by atoms with Crippen molar-refractivity contribution >= 4 is 10.0 Å². The zero-order valence-corrected chi connectivity index (χ0v) is 13.6. The molecule has 1 aliphatic heterocycles. The van der Waals surface area contributed by atoms with E-state index in [0.717, 1.165) is 19.0 Å².